The van der Waals surface area contributed by atoms with Gasteiger partial charge in [0.2, 0.25) is 5.91 Å². The Morgan fingerprint density at radius 2 is 1.86 bits per heavy atom. The van der Waals surface area contributed by atoms with Gasteiger partial charge in [-0.15, -0.1) is 0 Å². The first-order valence-corrected chi connectivity index (χ1v) is 8.43. The highest BCUT2D eigenvalue weighted by Crippen LogP contribution is 2.34. The zero-order valence-electron chi connectivity index (χ0n) is 13.3. The van der Waals surface area contributed by atoms with Crippen molar-refractivity contribution in [2.45, 2.75) is 46.0 Å². The minimum absolute atomic E-state index is 0.175. The molecule has 1 aromatic carbocycles. The second kappa shape index (κ2) is 6.08. The summed E-state index contributed by atoms with van der Waals surface area (Å²) in [6.45, 7) is 7.43. The van der Waals surface area contributed by atoms with Gasteiger partial charge in [0.05, 0.1) is 0 Å². The Morgan fingerprint density at radius 1 is 1.14 bits per heavy atom. The van der Waals surface area contributed by atoms with Crippen LogP contribution >= 0.6 is 0 Å². The van der Waals surface area contributed by atoms with E-state index in [-0.39, 0.29) is 5.92 Å². The molecule has 21 heavy (non-hydrogen) atoms. The van der Waals surface area contributed by atoms with Crippen molar-refractivity contribution in [2.75, 3.05) is 29.4 Å². The first-order valence-electron chi connectivity index (χ1n) is 8.43. The summed E-state index contributed by atoms with van der Waals surface area (Å²) in [4.78, 5) is 17.1. The number of hydrogen-bond acceptors (Lipinski definition) is 2. The van der Waals surface area contributed by atoms with Crippen molar-refractivity contribution >= 4 is 17.3 Å². The molecule has 0 N–H and O–H groups in total. The Balaban J connectivity index is 1.81. The molecular formula is C18H26N2O. The van der Waals surface area contributed by atoms with Crippen LogP contribution in [0.5, 0.6) is 0 Å². The van der Waals surface area contributed by atoms with E-state index < -0.39 is 0 Å². The van der Waals surface area contributed by atoms with Crippen LogP contribution in [0, 0.1) is 5.92 Å². The Labute approximate surface area is 127 Å². The maximum Gasteiger partial charge on any atom is 0.230 e. The fourth-order valence-corrected chi connectivity index (χ4v) is 3.65. The molecule has 1 amide bonds. The smallest absolute Gasteiger partial charge is 0.230 e. The average molecular weight is 286 g/mol. The monoisotopic (exact) mass is 286 g/mol. The van der Waals surface area contributed by atoms with Crippen molar-refractivity contribution in [1.29, 1.82) is 0 Å². The van der Waals surface area contributed by atoms with Gasteiger partial charge in [-0.05, 0) is 55.9 Å². The number of hydrogen-bond donors (Lipinski definition) is 0. The molecule has 2 aliphatic heterocycles. The van der Waals surface area contributed by atoms with Gasteiger partial charge in [-0.3, -0.25) is 4.79 Å². The lowest BCUT2D eigenvalue weighted by atomic mass is 10.0. The number of carbonyl (C=O) groups is 1. The maximum atomic E-state index is 12.6. The van der Waals surface area contributed by atoms with Crippen LogP contribution in [0.4, 0.5) is 11.4 Å². The van der Waals surface area contributed by atoms with Gasteiger partial charge in [0.15, 0.2) is 0 Å². The van der Waals surface area contributed by atoms with Crippen molar-refractivity contribution in [3.05, 3.63) is 23.8 Å². The van der Waals surface area contributed by atoms with E-state index in [4.69, 9.17) is 0 Å². The molecule has 0 aliphatic carbocycles. The Kier molecular flexibility index (Phi) is 4.18. The Hall–Kier alpha value is -1.51. The normalized spacial score (nSPS) is 17.7. The van der Waals surface area contributed by atoms with Gasteiger partial charge >= 0.3 is 0 Å². The van der Waals surface area contributed by atoms with Gasteiger partial charge in [0.1, 0.15) is 0 Å². The molecule has 0 unspecified atom stereocenters. The Morgan fingerprint density at radius 3 is 2.52 bits per heavy atom. The largest absolute Gasteiger partial charge is 0.372 e. The molecule has 0 saturated carbocycles. The first kappa shape index (κ1) is 14.4. The Bertz CT molecular complexity index is 516. The molecule has 3 heteroatoms. The van der Waals surface area contributed by atoms with Crippen molar-refractivity contribution in [2.24, 2.45) is 5.92 Å². The van der Waals surface area contributed by atoms with Crippen molar-refractivity contribution in [3.8, 4) is 0 Å². The van der Waals surface area contributed by atoms with Crippen molar-refractivity contribution in [3.63, 3.8) is 0 Å². The molecule has 0 radical (unpaired) electrons. The van der Waals surface area contributed by atoms with Gasteiger partial charge in [-0.2, -0.15) is 0 Å². The predicted octanol–water partition coefficient (Wildman–Crippen LogP) is 3.61. The third kappa shape index (κ3) is 2.66. The quantitative estimate of drug-likeness (QED) is 0.844. The average Bonchev–Trinajstić information content (AvgIpc) is 3.17. The van der Waals surface area contributed by atoms with Gasteiger partial charge in [-0.1, -0.05) is 13.8 Å². The summed E-state index contributed by atoms with van der Waals surface area (Å²) in [6, 6.07) is 6.67. The second-order valence-electron chi connectivity index (χ2n) is 6.26. The second-order valence-corrected chi connectivity index (χ2v) is 6.26. The van der Waals surface area contributed by atoms with Crippen LogP contribution in [0.3, 0.4) is 0 Å². The molecule has 3 nitrogen and oxygen atoms in total. The van der Waals surface area contributed by atoms with E-state index in [2.05, 4.69) is 36.9 Å². The van der Waals surface area contributed by atoms with Gasteiger partial charge < -0.3 is 9.80 Å². The number of amides is 1. The third-order valence-corrected chi connectivity index (χ3v) is 5.03. The van der Waals surface area contributed by atoms with Crippen molar-refractivity contribution < 1.29 is 4.79 Å². The highest BCUT2D eigenvalue weighted by molar-refractivity contribution is 5.97. The van der Waals surface area contributed by atoms with E-state index >= 15 is 0 Å². The topological polar surface area (TPSA) is 23.6 Å². The summed E-state index contributed by atoms with van der Waals surface area (Å²) in [7, 11) is 0. The molecule has 1 saturated heterocycles. The van der Waals surface area contributed by atoms with Gasteiger partial charge in [0.25, 0.3) is 0 Å². The summed E-state index contributed by atoms with van der Waals surface area (Å²) in [5.41, 5.74) is 3.83. The third-order valence-electron chi connectivity index (χ3n) is 5.03. The van der Waals surface area contributed by atoms with E-state index in [1.807, 2.05) is 4.90 Å². The van der Waals surface area contributed by atoms with E-state index in [1.54, 1.807) is 0 Å². The molecule has 114 valence electrons. The van der Waals surface area contributed by atoms with Crippen molar-refractivity contribution in [1.82, 2.24) is 0 Å². The summed E-state index contributed by atoms with van der Waals surface area (Å²) in [5, 5.41) is 0. The highest BCUT2D eigenvalue weighted by atomic mass is 16.2. The lowest BCUT2D eigenvalue weighted by Gasteiger charge is -2.23. The minimum atomic E-state index is 0.175. The van der Waals surface area contributed by atoms with Gasteiger partial charge in [-0.25, -0.2) is 0 Å². The fourth-order valence-electron chi connectivity index (χ4n) is 3.65. The molecule has 2 aliphatic rings. The standard InChI is InChI=1S/C18H26N2O/c1-3-14(4-2)18(21)20-12-9-15-13-16(7-8-17(15)20)19-10-5-6-11-19/h7-8,13-14H,3-6,9-12H2,1-2H3. The lowest BCUT2D eigenvalue weighted by Crippen LogP contribution is -2.34. The van der Waals surface area contributed by atoms with Crippen LogP contribution in [0.2, 0.25) is 0 Å². The van der Waals surface area contributed by atoms with E-state index in [0.29, 0.717) is 5.91 Å². The van der Waals surface area contributed by atoms with E-state index in [1.165, 1.54) is 37.2 Å². The predicted molar refractivity (Wildman–Crippen MR) is 88.0 cm³/mol. The lowest BCUT2D eigenvalue weighted by molar-refractivity contribution is -0.122. The fraction of sp³-hybridized carbons (Fsp3) is 0.611. The number of carbonyl (C=O) groups excluding carboxylic acids is 1. The van der Waals surface area contributed by atoms with E-state index in [0.717, 1.165) is 31.5 Å². The molecule has 2 heterocycles. The molecule has 1 fully saturated rings. The molecule has 0 aromatic heterocycles. The summed E-state index contributed by atoms with van der Waals surface area (Å²) in [6.07, 6.45) is 5.48. The summed E-state index contributed by atoms with van der Waals surface area (Å²) < 4.78 is 0. The van der Waals surface area contributed by atoms with Crippen LogP contribution in [0.15, 0.2) is 18.2 Å². The summed E-state index contributed by atoms with van der Waals surface area (Å²) >= 11 is 0. The van der Waals surface area contributed by atoms with Crippen LogP contribution in [0.1, 0.15) is 45.1 Å². The number of benzene rings is 1. The molecule has 1 aromatic rings. The van der Waals surface area contributed by atoms with Gasteiger partial charge in [0, 0.05) is 36.9 Å². The SMILES string of the molecule is CCC(CC)C(=O)N1CCc2cc(N3CCCC3)ccc21. The number of fused-ring (bicyclic) bond motifs is 1. The molecule has 0 atom stereocenters. The number of anilines is 2. The van der Waals surface area contributed by atoms with Crippen LogP contribution in [-0.4, -0.2) is 25.5 Å². The molecule has 3 rings (SSSR count). The number of nitrogens with zero attached hydrogens (tertiary/aromatic N) is 2. The minimum Gasteiger partial charge on any atom is -0.372 e. The van der Waals surface area contributed by atoms with E-state index in [9.17, 15) is 4.79 Å². The summed E-state index contributed by atoms with van der Waals surface area (Å²) in [5.74, 6) is 0.488. The van der Waals surface area contributed by atoms with Crippen LogP contribution in [-0.2, 0) is 11.2 Å². The molecule has 0 spiro atoms. The first-order chi connectivity index (χ1) is 10.2. The zero-order chi connectivity index (χ0) is 14.8. The van der Waals surface area contributed by atoms with Crippen LogP contribution < -0.4 is 9.80 Å². The zero-order valence-corrected chi connectivity index (χ0v) is 13.3. The number of rotatable bonds is 4. The highest BCUT2D eigenvalue weighted by Gasteiger charge is 2.29. The van der Waals surface area contributed by atoms with Crippen LogP contribution in [0.25, 0.3) is 0 Å². The maximum absolute atomic E-state index is 12.6. The molecular weight excluding hydrogens is 260 g/mol. The molecule has 0 bridgehead atoms.